The second kappa shape index (κ2) is 5.65. The van der Waals surface area contributed by atoms with Crippen LogP contribution in [-0.4, -0.2) is 69.6 Å². The molecule has 0 amide bonds. The predicted octanol–water partition coefficient (Wildman–Crippen LogP) is -0.363. The highest BCUT2D eigenvalue weighted by Crippen LogP contribution is 2.31. The third-order valence-corrected chi connectivity index (χ3v) is 5.82. The van der Waals surface area contributed by atoms with E-state index in [4.69, 9.17) is 4.74 Å². The molecule has 0 aromatic heterocycles. The van der Waals surface area contributed by atoms with E-state index in [1.165, 1.54) is 17.1 Å². The Morgan fingerprint density at radius 2 is 1.84 bits per heavy atom. The van der Waals surface area contributed by atoms with Gasteiger partial charge in [-0.25, -0.2) is 4.72 Å². The molecule has 0 aromatic carbocycles. The molecular weight excluding hydrogens is 266 g/mol. The lowest BCUT2D eigenvalue weighted by atomic mass is 10.1. The van der Waals surface area contributed by atoms with E-state index in [0.717, 1.165) is 25.6 Å². The lowest BCUT2D eigenvalue weighted by Gasteiger charge is -2.26. The number of nitrogens with one attached hydrogen (secondary N) is 1. The Kier molecular flexibility index (Phi) is 4.09. The molecule has 0 radical (unpaired) electrons. The summed E-state index contributed by atoms with van der Waals surface area (Å²) in [5, 5.41) is 0. The molecule has 0 aromatic rings. The summed E-state index contributed by atoms with van der Waals surface area (Å²) in [5.74, 6) is 0.469. The first-order valence-corrected chi connectivity index (χ1v) is 8.66. The third-order valence-electron chi connectivity index (χ3n) is 4.24. The molecule has 7 heteroatoms. The normalized spacial score (nSPS) is 30.8. The maximum absolute atomic E-state index is 12.1. The van der Waals surface area contributed by atoms with Gasteiger partial charge in [-0.15, -0.1) is 0 Å². The molecule has 19 heavy (non-hydrogen) atoms. The van der Waals surface area contributed by atoms with Gasteiger partial charge in [0.15, 0.2) is 0 Å². The van der Waals surface area contributed by atoms with E-state index >= 15 is 0 Å². The Morgan fingerprint density at radius 3 is 2.53 bits per heavy atom. The number of likely N-dealkylation sites (tertiary alicyclic amines) is 1. The molecule has 110 valence electrons. The summed E-state index contributed by atoms with van der Waals surface area (Å²) < 4.78 is 33.7. The minimum absolute atomic E-state index is 0.466. The van der Waals surface area contributed by atoms with Gasteiger partial charge in [-0.1, -0.05) is 0 Å². The van der Waals surface area contributed by atoms with E-state index in [9.17, 15) is 8.42 Å². The summed E-state index contributed by atoms with van der Waals surface area (Å²) in [5.41, 5.74) is 0. The number of morpholine rings is 1. The fraction of sp³-hybridized carbons (Fsp3) is 1.00. The summed E-state index contributed by atoms with van der Waals surface area (Å²) >= 11 is 0. The van der Waals surface area contributed by atoms with Crippen molar-refractivity contribution in [2.45, 2.75) is 25.3 Å². The first-order chi connectivity index (χ1) is 9.15. The molecule has 3 fully saturated rings. The molecule has 1 atom stereocenters. The SMILES string of the molecule is O=S(=O)(NCC1CCN(C2CC2)C1)N1CCOCC1. The zero-order chi connectivity index (χ0) is 13.3. The number of rotatable bonds is 5. The highest BCUT2D eigenvalue weighted by Gasteiger charge is 2.35. The minimum Gasteiger partial charge on any atom is -0.379 e. The van der Waals surface area contributed by atoms with Crippen molar-refractivity contribution in [3.05, 3.63) is 0 Å². The van der Waals surface area contributed by atoms with E-state index in [-0.39, 0.29) is 0 Å². The molecule has 1 aliphatic carbocycles. The molecule has 2 saturated heterocycles. The van der Waals surface area contributed by atoms with Crippen molar-refractivity contribution >= 4 is 10.2 Å². The molecule has 3 aliphatic rings. The maximum Gasteiger partial charge on any atom is 0.279 e. The van der Waals surface area contributed by atoms with Crippen molar-refractivity contribution in [3.8, 4) is 0 Å². The third kappa shape index (κ3) is 3.46. The molecule has 3 rings (SSSR count). The van der Waals surface area contributed by atoms with Gasteiger partial charge in [-0.2, -0.15) is 12.7 Å². The predicted molar refractivity (Wildman–Crippen MR) is 72.0 cm³/mol. The van der Waals surface area contributed by atoms with E-state index in [1.54, 1.807) is 0 Å². The molecule has 1 saturated carbocycles. The van der Waals surface area contributed by atoms with Crippen molar-refractivity contribution in [2.24, 2.45) is 5.92 Å². The number of hydrogen-bond acceptors (Lipinski definition) is 4. The average Bonchev–Trinajstić information content (AvgIpc) is 3.17. The average molecular weight is 289 g/mol. The first-order valence-electron chi connectivity index (χ1n) is 7.22. The van der Waals surface area contributed by atoms with Crippen molar-refractivity contribution in [2.75, 3.05) is 45.9 Å². The first kappa shape index (κ1) is 13.8. The Balaban J connectivity index is 1.45. The summed E-state index contributed by atoms with van der Waals surface area (Å²) in [4.78, 5) is 2.51. The molecule has 6 nitrogen and oxygen atoms in total. The van der Waals surface area contributed by atoms with Crippen LogP contribution in [0.25, 0.3) is 0 Å². The van der Waals surface area contributed by atoms with Crippen molar-refractivity contribution in [1.29, 1.82) is 0 Å². The highest BCUT2D eigenvalue weighted by atomic mass is 32.2. The number of nitrogens with zero attached hydrogens (tertiary/aromatic N) is 2. The molecule has 1 N–H and O–H groups in total. The summed E-state index contributed by atoms with van der Waals surface area (Å²) in [6.45, 7) is 4.69. The van der Waals surface area contributed by atoms with Crippen LogP contribution in [0, 0.1) is 5.92 Å². The lowest BCUT2D eigenvalue weighted by molar-refractivity contribution is 0.0724. The van der Waals surface area contributed by atoms with E-state index in [2.05, 4.69) is 9.62 Å². The zero-order valence-corrected chi connectivity index (χ0v) is 12.1. The largest absolute Gasteiger partial charge is 0.379 e. The molecule has 0 bridgehead atoms. The second-order valence-corrected chi connectivity index (χ2v) is 7.50. The van der Waals surface area contributed by atoms with Crippen LogP contribution in [-0.2, 0) is 14.9 Å². The minimum atomic E-state index is -3.31. The molecule has 2 heterocycles. The fourth-order valence-electron chi connectivity index (χ4n) is 2.90. The standard InChI is InChI=1S/C12H23N3O3S/c16-19(17,15-5-7-18-8-6-15)13-9-11-3-4-14(10-11)12-1-2-12/h11-13H,1-10H2. The van der Waals surface area contributed by atoms with E-state index in [0.29, 0.717) is 38.8 Å². The van der Waals surface area contributed by atoms with Gasteiger partial charge in [-0.3, -0.25) is 0 Å². The van der Waals surface area contributed by atoms with Crippen molar-refractivity contribution in [3.63, 3.8) is 0 Å². The van der Waals surface area contributed by atoms with Crippen molar-refractivity contribution < 1.29 is 13.2 Å². The van der Waals surface area contributed by atoms with Crippen LogP contribution in [0.15, 0.2) is 0 Å². The Labute approximate surface area is 115 Å². The van der Waals surface area contributed by atoms with Crippen LogP contribution in [0.1, 0.15) is 19.3 Å². The highest BCUT2D eigenvalue weighted by molar-refractivity contribution is 7.87. The van der Waals surface area contributed by atoms with Gasteiger partial charge >= 0.3 is 0 Å². The van der Waals surface area contributed by atoms with Gasteiger partial charge in [0.25, 0.3) is 10.2 Å². The Bertz CT molecular complexity index is 404. The fourth-order valence-corrected chi connectivity index (χ4v) is 4.16. The molecule has 0 spiro atoms. The van der Waals surface area contributed by atoms with Crippen molar-refractivity contribution in [1.82, 2.24) is 13.9 Å². The van der Waals surface area contributed by atoms with Crippen LogP contribution >= 0.6 is 0 Å². The smallest absolute Gasteiger partial charge is 0.279 e. The molecule has 1 unspecified atom stereocenters. The van der Waals surface area contributed by atoms with Crippen LogP contribution in [0.3, 0.4) is 0 Å². The monoisotopic (exact) mass is 289 g/mol. The maximum atomic E-state index is 12.1. The van der Waals surface area contributed by atoms with E-state index in [1.807, 2.05) is 0 Å². The Morgan fingerprint density at radius 1 is 1.11 bits per heavy atom. The zero-order valence-electron chi connectivity index (χ0n) is 11.3. The molecular formula is C12H23N3O3S. The van der Waals surface area contributed by atoms with Gasteiger partial charge in [0.2, 0.25) is 0 Å². The summed E-state index contributed by atoms with van der Waals surface area (Å²) in [7, 11) is -3.31. The number of ether oxygens (including phenoxy) is 1. The van der Waals surface area contributed by atoms with Crippen LogP contribution < -0.4 is 4.72 Å². The molecule has 2 aliphatic heterocycles. The van der Waals surface area contributed by atoms with Gasteiger partial charge in [0.05, 0.1) is 13.2 Å². The second-order valence-electron chi connectivity index (χ2n) is 5.75. The van der Waals surface area contributed by atoms with Gasteiger partial charge in [-0.05, 0) is 31.7 Å². The van der Waals surface area contributed by atoms with Gasteiger partial charge in [0.1, 0.15) is 0 Å². The quantitative estimate of drug-likeness (QED) is 0.751. The summed E-state index contributed by atoms with van der Waals surface area (Å²) in [6.07, 6.45) is 3.76. The van der Waals surface area contributed by atoms with Gasteiger partial charge in [0, 0.05) is 32.2 Å². The van der Waals surface area contributed by atoms with Crippen LogP contribution in [0.4, 0.5) is 0 Å². The van der Waals surface area contributed by atoms with Crippen LogP contribution in [0.2, 0.25) is 0 Å². The Hall–Kier alpha value is -0.210. The number of hydrogen-bond donors (Lipinski definition) is 1. The van der Waals surface area contributed by atoms with Crippen LogP contribution in [0.5, 0.6) is 0 Å². The topological polar surface area (TPSA) is 61.9 Å². The summed E-state index contributed by atoms with van der Waals surface area (Å²) in [6, 6.07) is 0.792. The van der Waals surface area contributed by atoms with E-state index < -0.39 is 10.2 Å². The van der Waals surface area contributed by atoms with Gasteiger partial charge < -0.3 is 9.64 Å². The lowest BCUT2D eigenvalue weighted by Crippen LogP contribution is -2.47.